The lowest BCUT2D eigenvalue weighted by Crippen LogP contribution is -2.34. The summed E-state index contributed by atoms with van der Waals surface area (Å²) < 4.78 is 10.3. The van der Waals surface area contributed by atoms with E-state index in [9.17, 15) is 9.59 Å². The van der Waals surface area contributed by atoms with Gasteiger partial charge >= 0.3 is 6.09 Å². The van der Waals surface area contributed by atoms with Gasteiger partial charge in [-0.2, -0.15) is 0 Å². The average Bonchev–Trinajstić information content (AvgIpc) is 2.40. The fraction of sp³-hybridized carbons (Fsp3) is 0.467. The summed E-state index contributed by atoms with van der Waals surface area (Å²) in [6.07, 6.45) is -0.440. The summed E-state index contributed by atoms with van der Waals surface area (Å²) in [5.74, 6) is 0.0478. The van der Waals surface area contributed by atoms with Gasteiger partial charge in [0.2, 0.25) is 0 Å². The highest BCUT2D eigenvalue weighted by Crippen LogP contribution is 2.15. The Kier molecular flexibility index (Phi) is 6.49. The molecule has 0 aromatic heterocycles. The molecule has 0 fully saturated rings. The Balaban J connectivity index is 2.25. The molecule has 1 aromatic rings. The van der Waals surface area contributed by atoms with Crippen LogP contribution in [0, 0.1) is 0 Å². The van der Waals surface area contributed by atoms with Crippen LogP contribution >= 0.6 is 0 Å². The second-order valence-corrected chi connectivity index (χ2v) is 5.63. The van der Waals surface area contributed by atoms with Crippen molar-refractivity contribution in [3.63, 3.8) is 0 Å². The van der Waals surface area contributed by atoms with Gasteiger partial charge in [0, 0.05) is 18.8 Å². The van der Waals surface area contributed by atoms with Gasteiger partial charge in [0.1, 0.15) is 11.4 Å². The fourth-order valence-corrected chi connectivity index (χ4v) is 1.51. The Bertz CT molecular complexity index is 495. The van der Waals surface area contributed by atoms with Crippen LogP contribution in [-0.4, -0.2) is 37.3 Å². The van der Waals surface area contributed by atoms with E-state index < -0.39 is 17.6 Å². The predicted octanol–water partition coefficient (Wildman–Crippen LogP) is 1.49. The number of alkyl carbamates (subject to hydrolysis) is 1. The van der Waals surface area contributed by atoms with Crippen LogP contribution in [0.5, 0.6) is 5.75 Å². The topological polar surface area (TPSA) is 103 Å². The van der Waals surface area contributed by atoms with Crippen molar-refractivity contribution in [2.24, 2.45) is 5.73 Å². The third-order valence-corrected chi connectivity index (χ3v) is 2.36. The van der Waals surface area contributed by atoms with Crippen LogP contribution < -0.4 is 21.1 Å². The molecule has 2 amide bonds. The first-order valence-corrected chi connectivity index (χ1v) is 6.98. The van der Waals surface area contributed by atoms with Crippen molar-refractivity contribution in [2.45, 2.75) is 26.4 Å². The maximum atomic E-state index is 11.4. The monoisotopic (exact) mass is 309 g/mol. The number of carbonyl (C=O) groups excluding carboxylic acids is 2. The Morgan fingerprint density at radius 1 is 1.14 bits per heavy atom. The summed E-state index contributed by atoms with van der Waals surface area (Å²) in [6, 6.07) is 7.08. The van der Waals surface area contributed by atoms with Gasteiger partial charge < -0.3 is 25.8 Å². The third-order valence-electron chi connectivity index (χ3n) is 2.36. The van der Waals surface area contributed by atoms with Gasteiger partial charge in [-0.3, -0.25) is 4.79 Å². The third kappa shape index (κ3) is 7.98. The van der Waals surface area contributed by atoms with Crippen molar-refractivity contribution in [2.75, 3.05) is 25.0 Å². The molecule has 0 saturated carbocycles. The van der Waals surface area contributed by atoms with Crippen molar-refractivity contribution < 1.29 is 19.1 Å². The largest absolute Gasteiger partial charge is 0.484 e. The molecule has 0 aliphatic heterocycles. The Morgan fingerprint density at radius 3 is 2.32 bits per heavy atom. The number of nitrogens with one attached hydrogen (secondary N) is 2. The predicted molar refractivity (Wildman–Crippen MR) is 83.9 cm³/mol. The number of amides is 2. The molecule has 0 spiro atoms. The van der Waals surface area contributed by atoms with Crippen LogP contribution in [0.25, 0.3) is 0 Å². The zero-order valence-corrected chi connectivity index (χ0v) is 13.1. The Labute approximate surface area is 130 Å². The first-order valence-electron chi connectivity index (χ1n) is 6.98. The smallest absolute Gasteiger partial charge is 0.407 e. The highest BCUT2D eigenvalue weighted by molar-refractivity contribution is 5.75. The minimum absolute atomic E-state index is 0.146. The van der Waals surface area contributed by atoms with Gasteiger partial charge in [0.05, 0.1) is 0 Å². The number of rotatable bonds is 7. The molecule has 1 rings (SSSR count). The van der Waals surface area contributed by atoms with Gasteiger partial charge in [-0.15, -0.1) is 0 Å². The van der Waals surface area contributed by atoms with Crippen LogP contribution in [0.1, 0.15) is 20.8 Å². The maximum absolute atomic E-state index is 11.4. The number of nitrogens with two attached hydrogens (primary N) is 1. The average molecular weight is 309 g/mol. The molecule has 0 bridgehead atoms. The molecule has 1 aromatic carbocycles. The van der Waals surface area contributed by atoms with Gasteiger partial charge in [-0.05, 0) is 45.0 Å². The second-order valence-electron chi connectivity index (χ2n) is 5.63. The zero-order chi connectivity index (χ0) is 16.6. The molecule has 0 radical (unpaired) electrons. The standard InChI is InChI=1S/C15H23N3O4/c1-15(2,3)22-14(20)18-9-8-17-11-4-6-12(7-5-11)21-10-13(16)19/h4-7,17H,8-10H2,1-3H3,(H2,16,19)(H,18,20). The van der Waals surface area contributed by atoms with Crippen LogP contribution in [-0.2, 0) is 9.53 Å². The van der Waals surface area contributed by atoms with E-state index in [1.165, 1.54) is 0 Å². The molecule has 0 saturated heterocycles. The zero-order valence-electron chi connectivity index (χ0n) is 13.1. The summed E-state index contributed by atoms with van der Waals surface area (Å²) in [5, 5.41) is 5.79. The number of primary amides is 1. The van der Waals surface area contributed by atoms with E-state index in [1.54, 1.807) is 12.1 Å². The van der Waals surface area contributed by atoms with Crippen LogP contribution in [0.4, 0.5) is 10.5 Å². The molecule has 7 nitrogen and oxygen atoms in total. The molecule has 0 unspecified atom stereocenters. The van der Waals surface area contributed by atoms with Gasteiger partial charge in [0.25, 0.3) is 5.91 Å². The number of ether oxygens (including phenoxy) is 2. The van der Waals surface area contributed by atoms with Crippen molar-refractivity contribution in [3.8, 4) is 5.75 Å². The molecular weight excluding hydrogens is 286 g/mol. The van der Waals surface area contributed by atoms with Gasteiger partial charge in [0.15, 0.2) is 6.61 Å². The first kappa shape index (κ1) is 17.6. The van der Waals surface area contributed by atoms with E-state index in [1.807, 2.05) is 32.9 Å². The number of anilines is 1. The van der Waals surface area contributed by atoms with Crippen molar-refractivity contribution in [1.29, 1.82) is 0 Å². The fourth-order valence-electron chi connectivity index (χ4n) is 1.51. The number of carbonyl (C=O) groups is 2. The highest BCUT2D eigenvalue weighted by Gasteiger charge is 2.15. The van der Waals surface area contributed by atoms with Crippen molar-refractivity contribution in [3.05, 3.63) is 24.3 Å². The summed E-state index contributed by atoms with van der Waals surface area (Å²) >= 11 is 0. The SMILES string of the molecule is CC(C)(C)OC(=O)NCCNc1ccc(OCC(N)=O)cc1. The van der Waals surface area contributed by atoms with Crippen molar-refractivity contribution >= 4 is 17.7 Å². The first-order chi connectivity index (χ1) is 10.3. The lowest BCUT2D eigenvalue weighted by Gasteiger charge is -2.19. The Hall–Kier alpha value is -2.44. The normalized spacial score (nSPS) is 10.7. The molecule has 0 heterocycles. The minimum Gasteiger partial charge on any atom is -0.484 e. The van der Waals surface area contributed by atoms with E-state index in [4.69, 9.17) is 15.2 Å². The molecular formula is C15H23N3O4. The molecule has 0 aliphatic rings. The molecule has 7 heteroatoms. The molecule has 0 atom stereocenters. The minimum atomic E-state index is -0.518. The lowest BCUT2D eigenvalue weighted by molar-refractivity contribution is -0.119. The molecule has 4 N–H and O–H groups in total. The summed E-state index contributed by atoms with van der Waals surface area (Å²) in [5.41, 5.74) is 5.36. The van der Waals surface area contributed by atoms with E-state index in [0.717, 1.165) is 5.69 Å². The maximum Gasteiger partial charge on any atom is 0.407 e. The summed E-state index contributed by atoms with van der Waals surface area (Å²) in [6.45, 7) is 6.29. The van der Waals surface area contributed by atoms with Crippen LogP contribution in [0.3, 0.4) is 0 Å². The van der Waals surface area contributed by atoms with Gasteiger partial charge in [-0.25, -0.2) is 4.79 Å². The highest BCUT2D eigenvalue weighted by atomic mass is 16.6. The number of hydrogen-bond acceptors (Lipinski definition) is 5. The van der Waals surface area contributed by atoms with Crippen molar-refractivity contribution in [1.82, 2.24) is 5.32 Å². The number of benzene rings is 1. The van der Waals surface area contributed by atoms with Crippen LogP contribution in [0.2, 0.25) is 0 Å². The Morgan fingerprint density at radius 2 is 1.77 bits per heavy atom. The summed E-state index contributed by atoms with van der Waals surface area (Å²) in [4.78, 5) is 22.0. The second kappa shape index (κ2) is 8.11. The molecule has 22 heavy (non-hydrogen) atoms. The number of hydrogen-bond donors (Lipinski definition) is 3. The quantitative estimate of drug-likeness (QED) is 0.662. The van der Waals surface area contributed by atoms with E-state index in [2.05, 4.69) is 10.6 Å². The van der Waals surface area contributed by atoms with Gasteiger partial charge in [-0.1, -0.05) is 0 Å². The van der Waals surface area contributed by atoms with E-state index in [-0.39, 0.29) is 6.61 Å². The van der Waals surface area contributed by atoms with Crippen LogP contribution in [0.15, 0.2) is 24.3 Å². The lowest BCUT2D eigenvalue weighted by atomic mass is 10.2. The molecule has 122 valence electrons. The van der Waals surface area contributed by atoms with E-state index >= 15 is 0 Å². The van der Waals surface area contributed by atoms with E-state index in [0.29, 0.717) is 18.8 Å². The summed E-state index contributed by atoms with van der Waals surface area (Å²) in [7, 11) is 0. The molecule has 0 aliphatic carbocycles.